The first kappa shape index (κ1) is 12.6. The van der Waals surface area contributed by atoms with E-state index in [2.05, 4.69) is 32.3 Å². The molecule has 0 saturated heterocycles. The van der Waals surface area contributed by atoms with Crippen molar-refractivity contribution < 1.29 is 4.79 Å². The van der Waals surface area contributed by atoms with Crippen LogP contribution in [0.15, 0.2) is 38.6 Å². The van der Waals surface area contributed by atoms with Crippen molar-refractivity contribution in [2.75, 3.05) is 5.75 Å². The van der Waals surface area contributed by atoms with E-state index in [0.717, 1.165) is 21.6 Å². The van der Waals surface area contributed by atoms with Gasteiger partial charge in [-0.05, 0) is 24.6 Å². The van der Waals surface area contributed by atoms with Crippen molar-refractivity contribution in [3.05, 3.63) is 28.7 Å². The fourth-order valence-electron chi connectivity index (χ4n) is 1.56. The van der Waals surface area contributed by atoms with Crippen LogP contribution in [0.2, 0.25) is 0 Å². The van der Waals surface area contributed by atoms with Crippen LogP contribution in [-0.2, 0) is 4.79 Å². The quantitative estimate of drug-likeness (QED) is 0.869. The van der Waals surface area contributed by atoms with E-state index in [1.165, 1.54) is 0 Å². The maximum atomic E-state index is 11.4. The molecule has 1 N–H and O–H groups in total. The van der Waals surface area contributed by atoms with Gasteiger partial charge in [-0.25, -0.2) is 0 Å². The molecular formula is C12H13BrN2OS. The number of halogens is 1. The zero-order chi connectivity index (χ0) is 12.3. The highest BCUT2D eigenvalue weighted by Gasteiger charge is 2.23. The van der Waals surface area contributed by atoms with Crippen LogP contribution in [0.4, 0.5) is 0 Å². The SMILES string of the molecule is CCC1N=C(CSc2cccc(Br)c2)NC1=O. The lowest BCUT2D eigenvalue weighted by Crippen LogP contribution is -2.29. The Morgan fingerprint density at radius 3 is 3.00 bits per heavy atom. The van der Waals surface area contributed by atoms with Crippen molar-refractivity contribution >= 4 is 39.4 Å². The Hall–Kier alpha value is -0.810. The molecule has 0 aliphatic carbocycles. The average Bonchev–Trinajstić information content (AvgIpc) is 2.67. The Labute approximate surface area is 113 Å². The summed E-state index contributed by atoms with van der Waals surface area (Å²) in [6.07, 6.45) is 0.761. The summed E-state index contributed by atoms with van der Waals surface area (Å²) < 4.78 is 1.06. The summed E-state index contributed by atoms with van der Waals surface area (Å²) in [6, 6.07) is 7.90. The largest absolute Gasteiger partial charge is 0.312 e. The van der Waals surface area contributed by atoms with E-state index >= 15 is 0 Å². The van der Waals surface area contributed by atoms with Gasteiger partial charge in [0.05, 0.1) is 5.75 Å². The molecule has 1 unspecified atom stereocenters. The third kappa shape index (κ3) is 3.33. The van der Waals surface area contributed by atoms with Crippen LogP contribution in [0.25, 0.3) is 0 Å². The summed E-state index contributed by atoms with van der Waals surface area (Å²) in [7, 11) is 0. The Kier molecular flexibility index (Phi) is 4.23. The first-order chi connectivity index (χ1) is 8.19. The number of nitrogens with zero attached hydrogens (tertiary/aromatic N) is 1. The second-order valence-electron chi connectivity index (χ2n) is 3.74. The van der Waals surface area contributed by atoms with Gasteiger partial charge in [-0.2, -0.15) is 0 Å². The predicted octanol–water partition coefficient (Wildman–Crippen LogP) is 2.85. The number of hydrogen-bond donors (Lipinski definition) is 1. The Morgan fingerprint density at radius 1 is 1.53 bits per heavy atom. The van der Waals surface area contributed by atoms with E-state index in [9.17, 15) is 4.79 Å². The highest BCUT2D eigenvalue weighted by atomic mass is 79.9. The number of carbonyl (C=O) groups is 1. The van der Waals surface area contributed by atoms with Gasteiger partial charge in [0.25, 0.3) is 0 Å². The molecule has 1 aliphatic heterocycles. The number of benzene rings is 1. The van der Waals surface area contributed by atoms with Crippen molar-refractivity contribution in [1.29, 1.82) is 0 Å². The monoisotopic (exact) mass is 312 g/mol. The first-order valence-electron chi connectivity index (χ1n) is 5.45. The van der Waals surface area contributed by atoms with Gasteiger partial charge >= 0.3 is 0 Å². The molecule has 1 atom stereocenters. The van der Waals surface area contributed by atoms with Crippen molar-refractivity contribution in [2.45, 2.75) is 24.3 Å². The summed E-state index contributed by atoms with van der Waals surface area (Å²) in [5.41, 5.74) is 0. The van der Waals surface area contributed by atoms with Crippen LogP contribution in [0, 0.1) is 0 Å². The van der Waals surface area contributed by atoms with Gasteiger partial charge in [-0.1, -0.05) is 28.9 Å². The number of carbonyl (C=O) groups excluding carboxylic acids is 1. The molecule has 0 radical (unpaired) electrons. The van der Waals surface area contributed by atoms with Crippen LogP contribution in [-0.4, -0.2) is 23.5 Å². The van der Waals surface area contributed by atoms with Crippen LogP contribution in [0.5, 0.6) is 0 Å². The molecule has 3 nitrogen and oxygen atoms in total. The van der Waals surface area contributed by atoms with Gasteiger partial charge in [0.1, 0.15) is 11.9 Å². The predicted molar refractivity (Wildman–Crippen MR) is 74.5 cm³/mol. The lowest BCUT2D eigenvalue weighted by Gasteiger charge is -2.02. The van der Waals surface area contributed by atoms with E-state index in [0.29, 0.717) is 5.75 Å². The number of thioether (sulfide) groups is 1. The van der Waals surface area contributed by atoms with Gasteiger partial charge in [0.15, 0.2) is 0 Å². The highest BCUT2D eigenvalue weighted by molar-refractivity contribution is 9.10. The molecule has 0 spiro atoms. The number of hydrogen-bond acceptors (Lipinski definition) is 3. The minimum Gasteiger partial charge on any atom is -0.312 e. The standard InChI is InChI=1S/C12H13BrN2OS/c1-2-10-12(16)15-11(14-10)7-17-9-5-3-4-8(13)6-9/h3-6,10H,2,7H2,1H3,(H,14,15,16). The molecule has 0 saturated carbocycles. The molecule has 5 heteroatoms. The van der Waals surface area contributed by atoms with Crippen molar-refractivity contribution in [1.82, 2.24) is 5.32 Å². The first-order valence-corrected chi connectivity index (χ1v) is 7.23. The van der Waals surface area contributed by atoms with Crippen molar-refractivity contribution in [3.8, 4) is 0 Å². The minimum absolute atomic E-state index is 0.0253. The van der Waals surface area contributed by atoms with Crippen LogP contribution in [0.3, 0.4) is 0 Å². The van der Waals surface area contributed by atoms with Gasteiger partial charge in [0.2, 0.25) is 5.91 Å². The summed E-state index contributed by atoms with van der Waals surface area (Å²) in [5, 5.41) is 2.82. The lowest BCUT2D eigenvalue weighted by atomic mass is 10.2. The maximum Gasteiger partial charge on any atom is 0.250 e. The average molecular weight is 313 g/mol. The van der Waals surface area contributed by atoms with E-state index in [4.69, 9.17) is 0 Å². The van der Waals surface area contributed by atoms with Gasteiger partial charge in [-0.15, -0.1) is 11.8 Å². The van der Waals surface area contributed by atoms with Crippen LogP contribution in [0.1, 0.15) is 13.3 Å². The third-order valence-corrected chi connectivity index (χ3v) is 3.94. The summed E-state index contributed by atoms with van der Waals surface area (Å²) in [6.45, 7) is 1.97. The third-order valence-electron chi connectivity index (χ3n) is 2.44. The number of amides is 1. The van der Waals surface area contributed by atoms with E-state index in [1.54, 1.807) is 11.8 Å². The molecule has 90 valence electrons. The number of amidine groups is 1. The second-order valence-corrected chi connectivity index (χ2v) is 5.70. The second kappa shape index (κ2) is 5.69. The molecule has 17 heavy (non-hydrogen) atoms. The molecule has 0 fully saturated rings. The molecule has 0 aromatic heterocycles. The number of aliphatic imine (C=N–C) groups is 1. The maximum absolute atomic E-state index is 11.4. The Bertz CT molecular complexity index is 462. The topological polar surface area (TPSA) is 41.5 Å². The normalized spacial score (nSPS) is 19.1. The van der Waals surface area contributed by atoms with Gasteiger partial charge in [0, 0.05) is 9.37 Å². The summed E-state index contributed by atoms with van der Waals surface area (Å²) in [5.74, 6) is 1.52. The summed E-state index contributed by atoms with van der Waals surface area (Å²) in [4.78, 5) is 17.0. The highest BCUT2D eigenvalue weighted by Crippen LogP contribution is 2.22. The molecular weight excluding hydrogens is 300 g/mol. The van der Waals surface area contributed by atoms with Crippen molar-refractivity contribution in [2.24, 2.45) is 4.99 Å². The Morgan fingerprint density at radius 2 is 2.35 bits per heavy atom. The zero-order valence-electron chi connectivity index (χ0n) is 9.44. The van der Waals surface area contributed by atoms with E-state index in [1.807, 2.05) is 25.1 Å². The molecule has 2 rings (SSSR count). The molecule has 0 bridgehead atoms. The number of nitrogens with one attached hydrogen (secondary N) is 1. The molecule has 1 aliphatic rings. The molecule has 1 aromatic carbocycles. The number of rotatable bonds is 4. The minimum atomic E-state index is -0.187. The zero-order valence-corrected chi connectivity index (χ0v) is 11.8. The fourth-order valence-corrected chi connectivity index (χ4v) is 2.95. The van der Waals surface area contributed by atoms with E-state index < -0.39 is 0 Å². The Balaban J connectivity index is 1.93. The van der Waals surface area contributed by atoms with Crippen LogP contribution < -0.4 is 5.32 Å². The van der Waals surface area contributed by atoms with Crippen molar-refractivity contribution in [3.63, 3.8) is 0 Å². The smallest absolute Gasteiger partial charge is 0.250 e. The summed E-state index contributed by atoms with van der Waals surface area (Å²) >= 11 is 5.10. The lowest BCUT2D eigenvalue weighted by molar-refractivity contribution is -0.120. The van der Waals surface area contributed by atoms with Gasteiger partial charge < -0.3 is 5.32 Å². The molecule has 1 aromatic rings. The fraction of sp³-hybridized carbons (Fsp3) is 0.333. The van der Waals surface area contributed by atoms with E-state index in [-0.39, 0.29) is 11.9 Å². The molecule has 1 heterocycles. The molecule has 1 amide bonds. The van der Waals surface area contributed by atoms with Crippen LogP contribution >= 0.6 is 27.7 Å². The van der Waals surface area contributed by atoms with Gasteiger partial charge in [-0.3, -0.25) is 9.79 Å².